The van der Waals surface area contributed by atoms with Gasteiger partial charge in [-0.3, -0.25) is 0 Å². The molecule has 0 N–H and O–H groups in total. The van der Waals surface area contributed by atoms with E-state index in [9.17, 15) is 92.2 Å². The quantitative estimate of drug-likeness (QED) is 0.100. The van der Waals surface area contributed by atoms with Crippen LogP contribution in [0.4, 0.5) is 92.2 Å². The SMILES string of the molecule is CCCC/C=C(/I)CC(F)(F)C(F)(F)C(F)(F)C(F)(F)C(F)(F)C(F)(F)C(F)(F)C(F)(F)C(F)(F)C(F)(F)F. The molecular weight excluding hydrogens is 730 g/mol. The van der Waals surface area contributed by atoms with E-state index in [0.29, 0.717) is 12.5 Å². The first-order valence-electron chi connectivity index (χ1n) is 9.52. The van der Waals surface area contributed by atoms with Crippen molar-refractivity contribution in [3.8, 4) is 0 Å². The molecule has 0 rings (SSSR count). The average Bonchev–Trinajstić information content (AvgIpc) is 2.71. The van der Waals surface area contributed by atoms with Crippen molar-refractivity contribution in [1.82, 2.24) is 0 Å². The van der Waals surface area contributed by atoms with E-state index in [1.165, 1.54) is 6.92 Å². The van der Waals surface area contributed by atoms with E-state index in [-0.39, 0.29) is 12.8 Å². The van der Waals surface area contributed by atoms with Gasteiger partial charge in [-0.2, -0.15) is 92.2 Å². The summed E-state index contributed by atoms with van der Waals surface area (Å²) < 4.78 is 278. The minimum absolute atomic E-state index is 0.149. The van der Waals surface area contributed by atoms with Crippen LogP contribution in [0.15, 0.2) is 9.66 Å². The van der Waals surface area contributed by atoms with Crippen LogP contribution in [-0.4, -0.2) is 59.5 Å². The molecule has 0 unspecified atom stereocenters. The maximum Gasteiger partial charge on any atom is 0.460 e. The number of alkyl halides is 21. The van der Waals surface area contributed by atoms with Gasteiger partial charge < -0.3 is 0 Å². The Hall–Kier alpha value is -1.00. The predicted molar refractivity (Wildman–Crippen MR) is 96.8 cm³/mol. The Balaban J connectivity index is 6.90. The van der Waals surface area contributed by atoms with E-state index >= 15 is 0 Å². The molecule has 0 saturated carbocycles. The highest BCUT2D eigenvalue weighted by atomic mass is 127. The second kappa shape index (κ2) is 10.7. The highest BCUT2D eigenvalue weighted by Gasteiger charge is 2.97. The van der Waals surface area contributed by atoms with Gasteiger partial charge in [0.05, 0.1) is 0 Å². The Morgan fingerprint density at radius 1 is 0.487 bits per heavy atom. The summed E-state index contributed by atoms with van der Waals surface area (Å²) in [5.74, 6) is -76.5. The summed E-state index contributed by atoms with van der Waals surface area (Å²) in [7, 11) is 0. The van der Waals surface area contributed by atoms with Gasteiger partial charge >= 0.3 is 59.5 Å². The molecule has 0 fully saturated rings. The third kappa shape index (κ3) is 5.60. The fourth-order valence-corrected chi connectivity index (χ4v) is 3.24. The second-order valence-corrected chi connectivity index (χ2v) is 9.15. The van der Waals surface area contributed by atoms with Crippen LogP contribution in [0.2, 0.25) is 0 Å². The van der Waals surface area contributed by atoms with Gasteiger partial charge in [-0.1, -0.05) is 25.8 Å². The number of halogens is 22. The molecule has 0 aliphatic carbocycles. The molecule has 0 spiro atoms. The molecule has 0 aliphatic rings. The van der Waals surface area contributed by atoms with E-state index in [4.69, 9.17) is 0 Å². The van der Waals surface area contributed by atoms with Gasteiger partial charge in [-0.25, -0.2) is 0 Å². The topological polar surface area (TPSA) is 0 Å². The van der Waals surface area contributed by atoms with Crippen molar-refractivity contribution in [2.75, 3.05) is 0 Å². The minimum atomic E-state index is -9.15. The van der Waals surface area contributed by atoms with Gasteiger partial charge in [0.2, 0.25) is 0 Å². The van der Waals surface area contributed by atoms with Crippen molar-refractivity contribution in [1.29, 1.82) is 0 Å². The van der Waals surface area contributed by atoms with Gasteiger partial charge in [-0.15, -0.1) is 0 Å². The van der Waals surface area contributed by atoms with Crippen LogP contribution in [0.25, 0.3) is 0 Å². The number of rotatable bonds is 13. The van der Waals surface area contributed by atoms with Crippen molar-refractivity contribution in [3.05, 3.63) is 9.66 Å². The van der Waals surface area contributed by atoms with Crippen LogP contribution in [0, 0.1) is 0 Å². The highest BCUT2D eigenvalue weighted by molar-refractivity contribution is 14.1. The molecule has 39 heavy (non-hydrogen) atoms. The molecule has 0 atom stereocenters. The summed E-state index contributed by atoms with van der Waals surface area (Å²) in [5, 5.41) is 0. The summed E-state index contributed by atoms with van der Waals surface area (Å²) in [5.41, 5.74) is 0. The normalized spacial score (nSPS) is 16.6. The third-order valence-corrected chi connectivity index (χ3v) is 5.71. The molecule has 0 amide bonds. The van der Waals surface area contributed by atoms with Gasteiger partial charge in [0.15, 0.2) is 0 Å². The molecule has 0 aromatic rings. The van der Waals surface area contributed by atoms with Crippen molar-refractivity contribution in [2.45, 2.75) is 92.1 Å². The van der Waals surface area contributed by atoms with E-state index < -0.39 is 69.5 Å². The lowest BCUT2D eigenvalue weighted by molar-refractivity contribution is -0.474. The van der Waals surface area contributed by atoms with Crippen LogP contribution in [0.3, 0.4) is 0 Å². The number of hydrogen-bond acceptors (Lipinski definition) is 0. The van der Waals surface area contributed by atoms with Crippen molar-refractivity contribution in [2.24, 2.45) is 0 Å². The Labute approximate surface area is 217 Å². The Bertz CT molecular complexity index is 881. The van der Waals surface area contributed by atoms with E-state index in [0.717, 1.165) is 22.6 Å². The molecule has 0 saturated heterocycles. The number of hydrogen-bond donors (Lipinski definition) is 0. The smallest absolute Gasteiger partial charge is 0.199 e. The number of allylic oxidation sites excluding steroid dienone is 2. The van der Waals surface area contributed by atoms with Crippen molar-refractivity contribution in [3.63, 3.8) is 0 Å². The van der Waals surface area contributed by atoms with E-state index in [2.05, 4.69) is 0 Å². The predicted octanol–water partition coefficient (Wildman–Crippen LogP) is 10.2. The molecular formula is C17H12F21I. The Morgan fingerprint density at radius 3 is 1.05 bits per heavy atom. The van der Waals surface area contributed by atoms with Gasteiger partial charge in [0.1, 0.15) is 0 Å². The maximum atomic E-state index is 13.8. The molecule has 0 nitrogen and oxygen atoms in total. The van der Waals surface area contributed by atoms with Gasteiger partial charge in [0, 0.05) is 6.42 Å². The summed E-state index contributed by atoms with van der Waals surface area (Å²) >= 11 is 0.759. The minimum Gasteiger partial charge on any atom is -0.199 e. The van der Waals surface area contributed by atoms with E-state index in [1.54, 1.807) is 0 Å². The van der Waals surface area contributed by atoms with Crippen molar-refractivity contribution >= 4 is 22.6 Å². The lowest BCUT2D eigenvalue weighted by atomic mass is 9.86. The van der Waals surface area contributed by atoms with Gasteiger partial charge in [0.25, 0.3) is 0 Å². The molecule has 0 aliphatic heterocycles. The molecule has 0 radical (unpaired) electrons. The average molecular weight is 742 g/mol. The summed E-state index contributed by atoms with van der Waals surface area (Å²) in [6.07, 6.45) is -9.77. The Morgan fingerprint density at radius 2 is 0.769 bits per heavy atom. The number of unbranched alkanes of at least 4 members (excludes halogenated alkanes) is 2. The fourth-order valence-electron chi connectivity index (χ4n) is 2.45. The maximum absolute atomic E-state index is 13.8. The van der Waals surface area contributed by atoms with E-state index in [1.807, 2.05) is 0 Å². The first-order chi connectivity index (χ1) is 16.7. The highest BCUT2D eigenvalue weighted by Crippen LogP contribution is 2.66. The monoisotopic (exact) mass is 742 g/mol. The van der Waals surface area contributed by atoms with Crippen LogP contribution in [-0.2, 0) is 0 Å². The first-order valence-corrected chi connectivity index (χ1v) is 10.6. The van der Waals surface area contributed by atoms with Gasteiger partial charge in [-0.05, 0) is 32.6 Å². The standard InChI is InChI=1S/C17H12F21I/c1-2-3-4-5-7(39)6-8(18,19)9(20,21)10(22,23)11(24,25)12(26,27)13(28,29)14(30,31)15(32,33)16(34,35)17(36,37)38/h5H,2-4,6H2,1H3/b7-5+. The van der Waals surface area contributed by atoms with Crippen LogP contribution in [0.5, 0.6) is 0 Å². The lowest BCUT2D eigenvalue weighted by Crippen LogP contribution is -2.76. The van der Waals surface area contributed by atoms with Crippen LogP contribution in [0.1, 0.15) is 32.6 Å². The van der Waals surface area contributed by atoms with Crippen LogP contribution >= 0.6 is 22.6 Å². The summed E-state index contributed by atoms with van der Waals surface area (Å²) in [6, 6.07) is 0. The fraction of sp³-hybridized carbons (Fsp3) is 0.882. The summed E-state index contributed by atoms with van der Waals surface area (Å²) in [6.45, 7) is 1.51. The second-order valence-electron chi connectivity index (χ2n) is 7.77. The molecule has 0 heterocycles. The molecule has 234 valence electrons. The molecule has 0 bridgehead atoms. The zero-order valence-electron chi connectivity index (χ0n) is 18.2. The first kappa shape index (κ1) is 38.0. The summed E-state index contributed by atoms with van der Waals surface area (Å²) in [4.78, 5) is 0. The van der Waals surface area contributed by atoms with Crippen molar-refractivity contribution < 1.29 is 92.2 Å². The molecule has 0 aromatic heterocycles. The van der Waals surface area contributed by atoms with Crippen LogP contribution < -0.4 is 0 Å². The largest absolute Gasteiger partial charge is 0.460 e. The lowest BCUT2D eigenvalue weighted by Gasteiger charge is -2.44. The Kier molecular flexibility index (Phi) is 10.4. The zero-order valence-corrected chi connectivity index (χ0v) is 20.4. The molecule has 0 aromatic carbocycles. The third-order valence-electron chi connectivity index (χ3n) is 4.89. The molecule has 22 heteroatoms. The zero-order chi connectivity index (χ0) is 32.1.